The van der Waals surface area contributed by atoms with Crippen molar-refractivity contribution in [1.29, 1.82) is 0 Å². The smallest absolute Gasteiger partial charge is 0.191 e. The summed E-state index contributed by atoms with van der Waals surface area (Å²) in [5.41, 5.74) is 1.40. The van der Waals surface area contributed by atoms with E-state index in [1.54, 1.807) is 6.26 Å². The maximum absolute atomic E-state index is 5.43. The highest BCUT2D eigenvalue weighted by atomic mass is 16.3. The third kappa shape index (κ3) is 6.13. The third-order valence-electron chi connectivity index (χ3n) is 5.63. The van der Waals surface area contributed by atoms with Gasteiger partial charge in [0.15, 0.2) is 5.96 Å². The predicted octanol–water partition coefficient (Wildman–Crippen LogP) is 3.43. The number of nitrogens with zero attached hydrogens (tertiary/aromatic N) is 2. The van der Waals surface area contributed by atoms with E-state index in [2.05, 4.69) is 45.9 Å². The van der Waals surface area contributed by atoms with Crippen LogP contribution in [0.2, 0.25) is 0 Å². The van der Waals surface area contributed by atoms with Gasteiger partial charge in [0.25, 0.3) is 0 Å². The molecule has 1 saturated heterocycles. The fourth-order valence-electron chi connectivity index (χ4n) is 3.70. The van der Waals surface area contributed by atoms with E-state index in [0.717, 1.165) is 69.6 Å². The van der Waals surface area contributed by atoms with Crippen LogP contribution in [0.3, 0.4) is 0 Å². The number of rotatable bonds is 8. The van der Waals surface area contributed by atoms with Gasteiger partial charge in [-0.3, -0.25) is 9.89 Å². The number of piperidine rings is 1. The van der Waals surface area contributed by atoms with Gasteiger partial charge in [0.2, 0.25) is 0 Å². The number of guanidine groups is 1. The highest BCUT2D eigenvalue weighted by Gasteiger charge is 2.22. The Kier molecular flexibility index (Phi) is 6.66. The summed E-state index contributed by atoms with van der Waals surface area (Å²) in [7, 11) is 0. The molecule has 1 aromatic heterocycles. The molecule has 0 atom stereocenters. The Morgan fingerprint density at radius 2 is 1.86 bits per heavy atom. The molecule has 0 spiro atoms. The Morgan fingerprint density at radius 1 is 1.04 bits per heavy atom. The van der Waals surface area contributed by atoms with Crippen molar-refractivity contribution in [3.05, 3.63) is 60.1 Å². The van der Waals surface area contributed by atoms with Crippen molar-refractivity contribution in [2.45, 2.75) is 44.7 Å². The van der Waals surface area contributed by atoms with Gasteiger partial charge in [0, 0.05) is 45.2 Å². The first-order valence-corrected chi connectivity index (χ1v) is 10.7. The van der Waals surface area contributed by atoms with Crippen LogP contribution in [0, 0.1) is 5.92 Å². The number of aliphatic imine (C=N–C) groups is 1. The molecule has 150 valence electrons. The molecule has 2 heterocycles. The predicted molar refractivity (Wildman–Crippen MR) is 113 cm³/mol. The highest BCUT2D eigenvalue weighted by Crippen LogP contribution is 2.28. The maximum Gasteiger partial charge on any atom is 0.191 e. The topological polar surface area (TPSA) is 52.8 Å². The SMILES string of the molecule is c1ccc(CN2CCC(NC(=NCC3CC3)NCCc3ccco3)CC2)cc1. The molecule has 0 radical (unpaired) electrons. The number of nitrogens with one attached hydrogen (secondary N) is 2. The highest BCUT2D eigenvalue weighted by molar-refractivity contribution is 5.80. The van der Waals surface area contributed by atoms with Crippen molar-refractivity contribution in [2.75, 3.05) is 26.2 Å². The quantitative estimate of drug-likeness (QED) is 0.544. The average molecular weight is 381 g/mol. The molecular weight excluding hydrogens is 348 g/mol. The molecule has 2 N–H and O–H groups in total. The summed E-state index contributed by atoms with van der Waals surface area (Å²) in [4.78, 5) is 7.39. The minimum absolute atomic E-state index is 0.501. The summed E-state index contributed by atoms with van der Waals surface area (Å²) in [6, 6.07) is 15.2. The lowest BCUT2D eigenvalue weighted by Gasteiger charge is -2.33. The van der Waals surface area contributed by atoms with Crippen LogP contribution in [-0.2, 0) is 13.0 Å². The molecule has 28 heavy (non-hydrogen) atoms. The van der Waals surface area contributed by atoms with E-state index < -0.39 is 0 Å². The summed E-state index contributed by atoms with van der Waals surface area (Å²) >= 11 is 0. The largest absolute Gasteiger partial charge is 0.469 e. The van der Waals surface area contributed by atoms with Gasteiger partial charge in [-0.1, -0.05) is 30.3 Å². The molecule has 0 unspecified atom stereocenters. The lowest BCUT2D eigenvalue weighted by Crippen LogP contribution is -2.49. The zero-order chi connectivity index (χ0) is 19.0. The molecular formula is C23H32N4O. The first-order valence-electron chi connectivity index (χ1n) is 10.7. The van der Waals surface area contributed by atoms with E-state index in [4.69, 9.17) is 9.41 Å². The van der Waals surface area contributed by atoms with Crippen molar-refractivity contribution in [3.63, 3.8) is 0 Å². The zero-order valence-electron chi connectivity index (χ0n) is 16.6. The molecule has 2 aromatic rings. The van der Waals surface area contributed by atoms with Gasteiger partial charge >= 0.3 is 0 Å². The fraction of sp³-hybridized carbons (Fsp3) is 0.522. The summed E-state index contributed by atoms with van der Waals surface area (Å²) in [6.07, 6.45) is 7.61. The first kappa shape index (κ1) is 19.1. The van der Waals surface area contributed by atoms with Crippen LogP contribution in [0.15, 0.2) is 58.1 Å². The number of likely N-dealkylation sites (tertiary alicyclic amines) is 1. The Bertz CT molecular complexity index is 716. The summed E-state index contributed by atoms with van der Waals surface area (Å²) in [5, 5.41) is 7.19. The minimum atomic E-state index is 0.501. The Hall–Kier alpha value is -2.27. The summed E-state index contributed by atoms with van der Waals surface area (Å²) in [6.45, 7) is 5.11. The second-order valence-corrected chi connectivity index (χ2v) is 8.07. The van der Waals surface area contributed by atoms with Gasteiger partial charge in [-0.2, -0.15) is 0 Å². The second-order valence-electron chi connectivity index (χ2n) is 8.07. The van der Waals surface area contributed by atoms with Crippen molar-refractivity contribution >= 4 is 5.96 Å². The maximum atomic E-state index is 5.43. The normalized spacial score (nSPS) is 18.9. The summed E-state index contributed by atoms with van der Waals surface area (Å²) < 4.78 is 5.43. The fourth-order valence-corrected chi connectivity index (χ4v) is 3.70. The third-order valence-corrected chi connectivity index (χ3v) is 5.63. The van der Waals surface area contributed by atoms with Crippen molar-refractivity contribution < 1.29 is 4.42 Å². The lowest BCUT2D eigenvalue weighted by molar-refractivity contribution is 0.198. The van der Waals surface area contributed by atoms with Crippen LogP contribution in [0.5, 0.6) is 0 Å². The van der Waals surface area contributed by atoms with Crippen LogP contribution in [0.4, 0.5) is 0 Å². The monoisotopic (exact) mass is 380 g/mol. The van der Waals surface area contributed by atoms with E-state index >= 15 is 0 Å². The van der Waals surface area contributed by atoms with Crippen molar-refractivity contribution in [3.8, 4) is 0 Å². The molecule has 1 saturated carbocycles. The van der Waals surface area contributed by atoms with Crippen LogP contribution in [0.25, 0.3) is 0 Å². The number of hydrogen-bond donors (Lipinski definition) is 2. The molecule has 5 nitrogen and oxygen atoms in total. The Labute approximate surface area is 168 Å². The van der Waals surface area contributed by atoms with E-state index in [9.17, 15) is 0 Å². The van der Waals surface area contributed by atoms with Gasteiger partial charge in [-0.15, -0.1) is 0 Å². The number of hydrogen-bond acceptors (Lipinski definition) is 3. The zero-order valence-corrected chi connectivity index (χ0v) is 16.6. The van der Waals surface area contributed by atoms with Gasteiger partial charge in [0.1, 0.15) is 5.76 Å². The van der Waals surface area contributed by atoms with Crippen molar-refractivity contribution in [2.24, 2.45) is 10.9 Å². The molecule has 5 heteroatoms. The Morgan fingerprint density at radius 3 is 2.57 bits per heavy atom. The van der Waals surface area contributed by atoms with Gasteiger partial charge in [0.05, 0.1) is 6.26 Å². The molecule has 0 amide bonds. The van der Waals surface area contributed by atoms with Crippen LogP contribution in [0.1, 0.15) is 37.0 Å². The Balaban J connectivity index is 1.23. The van der Waals surface area contributed by atoms with Crippen LogP contribution in [-0.4, -0.2) is 43.1 Å². The average Bonchev–Trinajstić information content (AvgIpc) is 3.42. The number of benzene rings is 1. The van der Waals surface area contributed by atoms with E-state index in [1.165, 1.54) is 18.4 Å². The van der Waals surface area contributed by atoms with E-state index in [1.807, 2.05) is 12.1 Å². The first-order chi connectivity index (χ1) is 13.8. The van der Waals surface area contributed by atoms with Gasteiger partial charge < -0.3 is 15.1 Å². The molecule has 1 aliphatic heterocycles. The molecule has 0 bridgehead atoms. The second kappa shape index (κ2) is 9.78. The molecule has 1 aromatic carbocycles. The molecule has 1 aliphatic carbocycles. The molecule has 2 aliphatic rings. The lowest BCUT2D eigenvalue weighted by atomic mass is 10.0. The standard InChI is InChI=1S/C23H32N4O/c1-2-5-20(6-3-1)18-27-14-11-21(12-15-27)26-23(25-17-19-8-9-19)24-13-10-22-7-4-16-28-22/h1-7,16,19,21H,8-15,17-18H2,(H2,24,25,26). The van der Waals surface area contributed by atoms with Crippen molar-refractivity contribution in [1.82, 2.24) is 15.5 Å². The molecule has 2 fully saturated rings. The van der Waals surface area contributed by atoms with E-state index in [0.29, 0.717) is 6.04 Å². The number of furan rings is 1. The summed E-state index contributed by atoms with van der Waals surface area (Å²) in [5.74, 6) is 2.79. The van der Waals surface area contributed by atoms with Gasteiger partial charge in [-0.25, -0.2) is 0 Å². The van der Waals surface area contributed by atoms with Gasteiger partial charge in [-0.05, 0) is 49.3 Å². The van der Waals surface area contributed by atoms with E-state index in [-0.39, 0.29) is 0 Å². The van der Waals surface area contributed by atoms with Crippen LogP contribution < -0.4 is 10.6 Å². The van der Waals surface area contributed by atoms with Crippen LogP contribution >= 0.6 is 0 Å². The minimum Gasteiger partial charge on any atom is -0.469 e. The molecule has 4 rings (SSSR count).